The number of benzene rings is 1. The quantitative estimate of drug-likeness (QED) is 0.870. The largest absolute Gasteiger partial charge is 0.452 e. The maximum atomic E-state index is 13.4. The molecule has 0 atom stereocenters. The Kier molecular flexibility index (Phi) is 4.11. The third-order valence-corrected chi connectivity index (χ3v) is 4.59. The van der Waals surface area contributed by atoms with Crippen LogP contribution in [0.5, 0.6) is 0 Å². The highest BCUT2D eigenvalue weighted by molar-refractivity contribution is 9.10. The minimum atomic E-state index is -4.13. The summed E-state index contributed by atoms with van der Waals surface area (Å²) in [6.07, 6.45) is 0. The van der Waals surface area contributed by atoms with Gasteiger partial charge in [-0.1, -0.05) is 0 Å². The Morgan fingerprint density at radius 1 is 1.30 bits per heavy atom. The lowest BCUT2D eigenvalue weighted by atomic mass is 10.3. The molecule has 0 fully saturated rings. The average molecular weight is 367 g/mol. The van der Waals surface area contributed by atoms with Crippen molar-refractivity contribution in [2.75, 3.05) is 4.72 Å². The molecule has 0 saturated carbocycles. The Labute approximate surface area is 121 Å². The molecule has 108 valence electrons. The summed E-state index contributed by atoms with van der Waals surface area (Å²) in [5.41, 5.74) is 4.84. The number of nitrogens with one attached hydrogen (secondary N) is 1. The number of hydrogen-bond acceptors (Lipinski definition) is 4. The molecule has 9 heteroatoms. The molecule has 1 aromatic carbocycles. The first-order valence-corrected chi connectivity index (χ1v) is 7.57. The molecule has 3 N–H and O–H groups in total. The lowest BCUT2D eigenvalue weighted by Gasteiger charge is -2.07. The molecule has 0 spiro atoms. The van der Waals surface area contributed by atoms with E-state index in [1.54, 1.807) is 0 Å². The third-order valence-electron chi connectivity index (χ3n) is 2.37. The second-order valence-corrected chi connectivity index (χ2v) is 6.16. The fraction of sp³-hybridized carbons (Fsp3) is 0.0909. The van der Waals surface area contributed by atoms with Crippen LogP contribution < -0.4 is 10.5 Å². The van der Waals surface area contributed by atoms with Crippen molar-refractivity contribution in [3.8, 4) is 0 Å². The number of halogens is 3. The van der Waals surface area contributed by atoms with E-state index in [-0.39, 0.29) is 21.9 Å². The molecule has 0 amide bonds. The van der Waals surface area contributed by atoms with Crippen LogP contribution in [0.1, 0.15) is 5.76 Å². The van der Waals surface area contributed by atoms with Crippen molar-refractivity contribution in [3.05, 3.63) is 46.3 Å². The van der Waals surface area contributed by atoms with Gasteiger partial charge in [-0.05, 0) is 28.1 Å². The van der Waals surface area contributed by atoms with Gasteiger partial charge in [-0.3, -0.25) is 4.72 Å². The van der Waals surface area contributed by atoms with Gasteiger partial charge in [-0.15, -0.1) is 0 Å². The molecule has 1 aromatic heterocycles. The lowest BCUT2D eigenvalue weighted by molar-refractivity contribution is 0.484. The highest BCUT2D eigenvalue weighted by Gasteiger charge is 2.23. The summed E-state index contributed by atoms with van der Waals surface area (Å²) in [7, 11) is -4.13. The normalized spacial score (nSPS) is 11.6. The van der Waals surface area contributed by atoms with E-state index in [1.807, 2.05) is 4.72 Å². The fourth-order valence-electron chi connectivity index (χ4n) is 1.46. The van der Waals surface area contributed by atoms with E-state index >= 15 is 0 Å². The Morgan fingerprint density at radius 2 is 2.00 bits per heavy atom. The molecule has 2 aromatic rings. The Morgan fingerprint density at radius 3 is 2.60 bits per heavy atom. The SMILES string of the molecule is NCc1cc(S(=O)(=O)Nc2cc(F)ccc2F)c(Br)o1. The van der Waals surface area contributed by atoms with Crippen molar-refractivity contribution in [2.45, 2.75) is 11.4 Å². The van der Waals surface area contributed by atoms with Crippen LogP contribution in [0.2, 0.25) is 0 Å². The van der Waals surface area contributed by atoms with Gasteiger partial charge < -0.3 is 10.2 Å². The van der Waals surface area contributed by atoms with Crippen LogP contribution in [0.25, 0.3) is 0 Å². The summed E-state index contributed by atoms with van der Waals surface area (Å²) in [4.78, 5) is -0.249. The summed E-state index contributed by atoms with van der Waals surface area (Å²) in [5, 5.41) is 0. The molecular weight excluding hydrogens is 358 g/mol. The molecule has 5 nitrogen and oxygen atoms in total. The van der Waals surface area contributed by atoms with Crippen molar-refractivity contribution in [2.24, 2.45) is 5.73 Å². The van der Waals surface area contributed by atoms with Crippen LogP contribution in [0.15, 0.2) is 38.2 Å². The van der Waals surface area contributed by atoms with E-state index in [2.05, 4.69) is 15.9 Å². The lowest BCUT2D eigenvalue weighted by Crippen LogP contribution is -2.14. The molecular formula is C11H9BrF2N2O3S. The van der Waals surface area contributed by atoms with E-state index in [9.17, 15) is 17.2 Å². The van der Waals surface area contributed by atoms with Crippen LogP contribution in [0.4, 0.5) is 14.5 Å². The van der Waals surface area contributed by atoms with Crippen LogP contribution in [-0.2, 0) is 16.6 Å². The number of furan rings is 1. The van der Waals surface area contributed by atoms with Gasteiger partial charge in [-0.25, -0.2) is 17.2 Å². The standard InChI is InChI=1S/C11H9BrF2N2O3S/c12-11-10(4-7(5-15)19-11)20(17,18)16-9-3-6(13)1-2-8(9)14/h1-4,16H,5,15H2. The van der Waals surface area contributed by atoms with E-state index in [0.717, 1.165) is 18.2 Å². The maximum absolute atomic E-state index is 13.4. The van der Waals surface area contributed by atoms with Gasteiger partial charge >= 0.3 is 0 Å². The van der Waals surface area contributed by atoms with E-state index in [0.29, 0.717) is 0 Å². The first-order chi connectivity index (χ1) is 9.33. The van der Waals surface area contributed by atoms with E-state index < -0.39 is 27.3 Å². The van der Waals surface area contributed by atoms with Gasteiger partial charge in [0.05, 0.1) is 12.2 Å². The van der Waals surface area contributed by atoms with Gasteiger partial charge in [0.15, 0.2) is 4.67 Å². The number of sulfonamides is 1. The Balaban J connectivity index is 2.40. The van der Waals surface area contributed by atoms with Crippen LogP contribution >= 0.6 is 15.9 Å². The van der Waals surface area contributed by atoms with Crippen molar-refractivity contribution < 1.29 is 21.6 Å². The molecule has 0 saturated heterocycles. The summed E-state index contributed by atoms with van der Waals surface area (Å²) < 4.78 is 57.6. The van der Waals surface area contributed by atoms with Crippen LogP contribution in [0.3, 0.4) is 0 Å². The van der Waals surface area contributed by atoms with Gasteiger partial charge in [0, 0.05) is 12.1 Å². The van der Waals surface area contributed by atoms with Gasteiger partial charge in [0.25, 0.3) is 10.0 Å². The van der Waals surface area contributed by atoms with Gasteiger partial charge in [0.1, 0.15) is 22.3 Å². The maximum Gasteiger partial charge on any atom is 0.266 e. The summed E-state index contributed by atoms with van der Waals surface area (Å²) in [6, 6.07) is 3.64. The summed E-state index contributed by atoms with van der Waals surface area (Å²) in [5.74, 6) is -1.43. The highest BCUT2D eigenvalue weighted by atomic mass is 79.9. The molecule has 0 aliphatic carbocycles. The number of rotatable bonds is 4. The molecule has 20 heavy (non-hydrogen) atoms. The fourth-order valence-corrected chi connectivity index (χ4v) is 3.51. The average Bonchev–Trinajstić information content (AvgIpc) is 2.76. The molecule has 0 aliphatic heterocycles. The summed E-state index contributed by atoms with van der Waals surface area (Å²) >= 11 is 2.93. The molecule has 1 heterocycles. The molecule has 0 radical (unpaired) electrons. The smallest absolute Gasteiger partial charge is 0.266 e. The molecule has 2 rings (SSSR count). The van der Waals surface area contributed by atoms with Gasteiger partial charge in [-0.2, -0.15) is 0 Å². The molecule has 0 unspecified atom stereocenters. The Hall–Kier alpha value is -1.45. The monoisotopic (exact) mass is 366 g/mol. The van der Waals surface area contributed by atoms with Crippen molar-refractivity contribution in [1.29, 1.82) is 0 Å². The van der Waals surface area contributed by atoms with Crippen molar-refractivity contribution in [3.63, 3.8) is 0 Å². The van der Waals surface area contributed by atoms with E-state index in [1.165, 1.54) is 6.07 Å². The number of anilines is 1. The minimum absolute atomic E-state index is 0.00243. The second-order valence-electron chi connectivity index (χ2n) is 3.78. The van der Waals surface area contributed by atoms with Crippen molar-refractivity contribution in [1.82, 2.24) is 0 Å². The third kappa shape index (κ3) is 3.00. The van der Waals surface area contributed by atoms with Crippen LogP contribution in [0, 0.1) is 11.6 Å². The predicted octanol–water partition coefficient (Wildman–Crippen LogP) is 2.58. The van der Waals surface area contributed by atoms with Gasteiger partial charge in [0.2, 0.25) is 0 Å². The van der Waals surface area contributed by atoms with Crippen molar-refractivity contribution >= 4 is 31.6 Å². The zero-order valence-corrected chi connectivity index (χ0v) is 12.3. The summed E-state index contributed by atoms with van der Waals surface area (Å²) in [6.45, 7) is 0.00243. The highest BCUT2D eigenvalue weighted by Crippen LogP contribution is 2.28. The van der Waals surface area contributed by atoms with E-state index in [4.69, 9.17) is 10.2 Å². The first kappa shape index (κ1) is 14.9. The molecule has 0 aliphatic rings. The zero-order valence-electron chi connectivity index (χ0n) is 9.86. The number of nitrogens with two attached hydrogens (primary N) is 1. The second kappa shape index (κ2) is 5.51. The number of hydrogen-bond donors (Lipinski definition) is 2. The first-order valence-electron chi connectivity index (χ1n) is 5.29. The topological polar surface area (TPSA) is 85.3 Å². The van der Waals surface area contributed by atoms with Crippen LogP contribution in [-0.4, -0.2) is 8.42 Å². The molecule has 0 bridgehead atoms. The predicted molar refractivity (Wildman–Crippen MR) is 71.5 cm³/mol. The zero-order chi connectivity index (χ0) is 14.9. The minimum Gasteiger partial charge on any atom is -0.452 e. The Bertz CT molecular complexity index is 746.